The summed E-state index contributed by atoms with van der Waals surface area (Å²) in [4.78, 5) is 6.11. The molecule has 9 heteroatoms. The van der Waals surface area contributed by atoms with Crippen molar-refractivity contribution >= 4 is 10.9 Å². The largest absolute Gasteiger partial charge is 0.361 e. The summed E-state index contributed by atoms with van der Waals surface area (Å²) < 4.78 is 3.88. The summed E-state index contributed by atoms with van der Waals surface area (Å²) in [5.74, 6) is 0. The highest BCUT2D eigenvalue weighted by atomic mass is 15.2. The van der Waals surface area contributed by atoms with Crippen molar-refractivity contribution in [1.29, 1.82) is 0 Å². The number of aryl methyl sites for hydroxylation is 1. The van der Waals surface area contributed by atoms with Gasteiger partial charge in [0.05, 0.1) is 0 Å². The molecule has 0 saturated carbocycles. The first-order valence-corrected chi connectivity index (χ1v) is 12.7. The van der Waals surface area contributed by atoms with Crippen LogP contribution >= 0.6 is 0 Å². The first-order valence-electron chi connectivity index (χ1n) is 12.7. The molecular formula is C27H31N9. The molecule has 1 fully saturated rings. The molecule has 0 aliphatic carbocycles. The molecule has 0 bridgehead atoms. The Morgan fingerprint density at radius 2 is 1.56 bits per heavy atom. The maximum Gasteiger partial charge on any atom is 0.123 e. The third-order valence-corrected chi connectivity index (χ3v) is 7.26. The van der Waals surface area contributed by atoms with Crippen LogP contribution in [0.1, 0.15) is 24.0 Å². The fraction of sp³-hybridized carbons (Fsp3) is 0.333. The number of piperazine rings is 1. The van der Waals surface area contributed by atoms with Crippen LogP contribution < -0.4 is 5.32 Å². The Labute approximate surface area is 210 Å². The van der Waals surface area contributed by atoms with E-state index in [0.717, 1.165) is 50.4 Å². The Bertz CT molecular complexity index is 1370. The molecule has 3 aromatic heterocycles. The zero-order valence-electron chi connectivity index (χ0n) is 20.3. The number of H-pyrrole nitrogens is 1. The Kier molecular flexibility index (Phi) is 6.56. The lowest BCUT2D eigenvalue weighted by molar-refractivity contribution is 0.153. The number of aromatic amines is 1. The minimum atomic E-state index is 0.577. The number of rotatable bonds is 9. The van der Waals surface area contributed by atoms with E-state index in [1.54, 1.807) is 25.3 Å². The summed E-state index contributed by atoms with van der Waals surface area (Å²) in [6, 6.07) is 15.8. The van der Waals surface area contributed by atoms with Crippen LogP contribution in [0, 0.1) is 0 Å². The minimum Gasteiger partial charge on any atom is -0.361 e. The fourth-order valence-electron chi connectivity index (χ4n) is 5.22. The van der Waals surface area contributed by atoms with Crippen molar-refractivity contribution in [3.63, 3.8) is 0 Å². The molecule has 2 aromatic carbocycles. The van der Waals surface area contributed by atoms with Crippen LogP contribution in [0.5, 0.6) is 0 Å². The van der Waals surface area contributed by atoms with Crippen LogP contribution in [0.25, 0.3) is 22.3 Å². The van der Waals surface area contributed by atoms with Crippen LogP contribution in [-0.4, -0.2) is 71.6 Å². The molecule has 1 aliphatic rings. The van der Waals surface area contributed by atoms with E-state index in [0.29, 0.717) is 6.04 Å². The van der Waals surface area contributed by atoms with Crippen molar-refractivity contribution in [1.82, 2.24) is 44.7 Å². The maximum absolute atomic E-state index is 3.93. The molecule has 36 heavy (non-hydrogen) atoms. The molecule has 5 aromatic rings. The van der Waals surface area contributed by atoms with Crippen molar-refractivity contribution in [2.75, 3.05) is 26.2 Å². The van der Waals surface area contributed by atoms with E-state index in [1.807, 2.05) is 9.13 Å². The molecule has 1 unspecified atom stereocenters. The first-order chi connectivity index (χ1) is 17.8. The predicted octanol–water partition coefficient (Wildman–Crippen LogP) is 3.17. The Morgan fingerprint density at radius 1 is 0.833 bits per heavy atom. The number of nitrogens with one attached hydrogen (secondary N) is 2. The van der Waals surface area contributed by atoms with Gasteiger partial charge in [-0.3, -0.25) is 14.0 Å². The van der Waals surface area contributed by atoms with Crippen molar-refractivity contribution in [3.8, 4) is 11.4 Å². The van der Waals surface area contributed by atoms with Gasteiger partial charge in [-0.05, 0) is 67.1 Å². The molecule has 184 valence electrons. The van der Waals surface area contributed by atoms with Crippen molar-refractivity contribution in [3.05, 3.63) is 85.1 Å². The number of aromatic nitrogens is 7. The Morgan fingerprint density at radius 3 is 2.33 bits per heavy atom. The summed E-state index contributed by atoms with van der Waals surface area (Å²) in [6.07, 6.45) is 13.6. The average Bonchev–Trinajstić information content (AvgIpc) is 3.71. The quantitative estimate of drug-likeness (QED) is 0.336. The lowest BCUT2D eigenvalue weighted by Crippen LogP contribution is -2.51. The standard InChI is InChI=1S/C27H31N9/c1(2-22-15-29-27-9-8-24(14-26(22)27)36-19-32-33-20-36)3-25-16-28-11-13-34(25)12-10-21-4-6-23(7-5-21)35-17-30-31-18-35/h4-9,14-15,17-20,25,28-29H,1-3,10-13,16H2. The molecule has 0 radical (unpaired) electrons. The molecule has 1 aliphatic heterocycles. The summed E-state index contributed by atoms with van der Waals surface area (Å²) in [6.45, 7) is 4.34. The van der Waals surface area contributed by atoms with E-state index in [1.165, 1.54) is 34.9 Å². The second kappa shape index (κ2) is 10.4. The highest BCUT2D eigenvalue weighted by Gasteiger charge is 2.21. The lowest BCUT2D eigenvalue weighted by atomic mass is 10.0. The average molecular weight is 482 g/mol. The number of fused-ring (bicyclic) bond motifs is 1. The number of hydrogen-bond donors (Lipinski definition) is 2. The van der Waals surface area contributed by atoms with Gasteiger partial charge >= 0.3 is 0 Å². The van der Waals surface area contributed by atoms with E-state index in [9.17, 15) is 0 Å². The van der Waals surface area contributed by atoms with Gasteiger partial charge in [0, 0.05) is 60.7 Å². The molecule has 4 heterocycles. The summed E-state index contributed by atoms with van der Waals surface area (Å²) >= 11 is 0. The van der Waals surface area contributed by atoms with Gasteiger partial charge in [-0.25, -0.2) is 0 Å². The number of benzene rings is 2. The van der Waals surface area contributed by atoms with Crippen LogP contribution in [0.4, 0.5) is 0 Å². The topological polar surface area (TPSA) is 92.5 Å². The Hall–Kier alpha value is -3.82. The summed E-state index contributed by atoms with van der Waals surface area (Å²) in [5.41, 5.74) is 6.11. The van der Waals surface area contributed by atoms with E-state index < -0.39 is 0 Å². The summed E-state index contributed by atoms with van der Waals surface area (Å²) in [5, 5.41) is 20.5. The maximum atomic E-state index is 3.93. The third-order valence-electron chi connectivity index (χ3n) is 7.26. The molecule has 1 atom stereocenters. The van der Waals surface area contributed by atoms with E-state index in [2.05, 4.69) is 84.3 Å². The van der Waals surface area contributed by atoms with Gasteiger partial charge in [-0.2, -0.15) is 0 Å². The van der Waals surface area contributed by atoms with Gasteiger partial charge in [0.1, 0.15) is 25.3 Å². The molecular weight excluding hydrogens is 450 g/mol. The van der Waals surface area contributed by atoms with Crippen LogP contribution in [0.2, 0.25) is 0 Å². The van der Waals surface area contributed by atoms with Crippen LogP contribution in [0.15, 0.2) is 74.0 Å². The van der Waals surface area contributed by atoms with Gasteiger partial charge in [0.2, 0.25) is 0 Å². The smallest absolute Gasteiger partial charge is 0.123 e. The van der Waals surface area contributed by atoms with Crippen LogP contribution in [-0.2, 0) is 12.8 Å². The zero-order chi connectivity index (χ0) is 24.2. The molecule has 1 saturated heterocycles. The van der Waals surface area contributed by atoms with Gasteiger partial charge in [-0.15, -0.1) is 20.4 Å². The second-order valence-corrected chi connectivity index (χ2v) is 9.48. The minimum absolute atomic E-state index is 0.577. The molecule has 0 spiro atoms. The van der Waals surface area contributed by atoms with Gasteiger partial charge in [0.25, 0.3) is 0 Å². The van der Waals surface area contributed by atoms with Crippen molar-refractivity contribution in [2.45, 2.75) is 31.7 Å². The van der Waals surface area contributed by atoms with E-state index in [4.69, 9.17) is 0 Å². The zero-order valence-corrected chi connectivity index (χ0v) is 20.3. The molecule has 9 nitrogen and oxygen atoms in total. The third kappa shape index (κ3) is 4.93. The monoisotopic (exact) mass is 481 g/mol. The Balaban J connectivity index is 1.05. The number of nitrogens with zero attached hydrogens (tertiary/aromatic N) is 7. The van der Waals surface area contributed by atoms with Crippen LogP contribution in [0.3, 0.4) is 0 Å². The fourth-order valence-corrected chi connectivity index (χ4v) is 5.22. The SMILES string of the molecule is c1cc(-n2cnnc2)ccc1CCN1CCNCC1CCCc1c[nH]c2ccc(-n3cnnc3)cc12. The van der Waals surface area contributed by atoms with E-state index >= 15 is 0 Å². The highest BCUT2D eigenvalue weighted by molar-refractivity contribution is 5.85. The van der Waals surface area contributed by atoms with E-state index in [-0.39, 0.29) is 0 Å². The normalized spacial score (nSPS) is 16.6. The number of hydrogen-bond acceptors (Lipinski definition) is 6. The highest BCUT2D eigenvalue weighted by Crippen LogP contribution is 2.24. The predicted molar refractivity (Wildman–Crippen MR) is 139 cm³/mol. The van der Waals surface area contributed by atoms with Gasteiger partial charge in [0.15, 0.2) is 0 Å². The molecule has 0 amide bonds. The molecule has 2 N–H and O–H groups in total. The summed E-state index contributed by atoms with van der Waals surface area (Å²) in [7, 11) is 0. The van der Waals surface area contributed by atoms with Crippen molar-refractivity contribution in [2.24, 2.45) is 0 Å². The second-order valence-electron chi connectivity index (χ2n) is 9.48. The van der Waals surface area contributed by atoms with Crippen molar-refractivity contribution < 1.29 is 0 Å². The molecule has 6 rings (SSSR count). The van der Waals surface area contributed by atoms with Gasteiger partial charge in [-0.1, -0.05) is 12.1 Å². The lowest BCUT2D eigenvalue weighted by Gasteiger charge is -2.36. The first kappa shape index (κ1) is 22.6. The van der Waals surface area contributed by atoms with Gasteiger partial charge < -0.3 is 10.3 Å².